The Bertz CT molecular complexity index is 487. The molecule has 0 bridgehead atoms. The van der Waals surface area contributed by atoms with Crippen LogP contribution in [0.1, 0.15) is 38.8 Å². The molecule has 0 saturated heterocycles. The number of aryl methyl sites for hydroxylation is 1. The maximum Gasteiger partial charge on any atom is 0.224 e. The summed E-state index contributed by atoms with van der Waals surface area (Å²) in [4.78, 5) is 12.1. The van der Waals surface area contributed by atoms with E-state index in [1.54, 1.807) is 34.8 Å². The minimum atomic E-state index is -0.992. The number of ether oxygens (including phenoxy) is 1. The molecule has 112 valence electrons. The van der Waals surface area contributed by atoms with Gasteiger partial charge in [0.1, 0.15) is 5.75 Å². The van der Waals surface area contributed by atoms with Crippen LogP contribution >= 0.6 is 0 Å². The van der Waals surface area contributed by atoms with Crippen molar-refractivity contribution < 1.29 is 14.6 Å². The maximum atomic E-state index is 12.1. The van der Waals surface area contributed by atoms with Crippen LogP contribution in [0.5, 0.6) is 5.75 Å². The van der Waals surface area contributed by atoms with E-state index in [9.17, 15) is 9.90 Å². The van der Waals surface area contributed by atoms with Crippen molar-refractivity contribution in [2.75, 3.05) is 7.11 Å². The first-order valence-electron chi connectivity index (χ1n) is 6.74. The van der Waals surface area contributed by atoms with Crippen LogP contribution in [-0.4, -0.2) is 29.3 Å². The number of amides is 1. The molecule has 0 spiro atoms. The van der Waals surface area contributed by atoms with Crippen molar-refractivity contribution >= 4 is 5.91 Å². The molecular formula is C16H25NO3. The molecule has 0 radical (unpaired) electrons. The standard InChI is InChI=1S/C16H25NO3/c1-11-7-8-12(9-13(11)20-6)10-14(18)17-15(2,3)16(4,5)19/h7-9,19H,10H2,1-6H3,(H,17,18). The first-order chi connectivity index (χ1) is 9.06. The Hall–Kier alpha value is -1.55. The van der Waals surface area contributed by atoms with Crippen molar-refractivity contribution in [1.29, 1.82) is 0 Å². The molecule has 0 atom stereocenters. The predicted molar refractivity (Wildman–Crippen MR) is 80.0 cm³/mol. The molecule has 0 fully saturated rings. The van der Waals surface area contributed by atoms with Crippen LogP contribution in [-0.2, 0) is 11.2 Å². The minimum Gasteiger partial charge on any atom is -0.496 e. The van der Waals surface area contributed by atoms with Crippen molar-refractivity contribution in [3.05, 3.63) is 29.3 Å². The van der Waals surface area contributed by atoms with Crippen LogP contribution in [0.3, 0.4) is 0 Å². The second-order valence-corrected chi connectivity index (χ2v) is 6.21. The fourth-order valence-corrected chi connectivity index (χ4v) is 1.71. The molecule has 0 aliphatic carbocycles. The number of rotatable bonds is 5. The van der Waals surface area contributed by atoms with Crippen LogP contribution < -0.4 is 10.1 Å². The van der Waals surface area contributed by atoms with E-state index in [0.29, 0.717) is 0 Å². The van der Waals surface area contributed by atoms with Crippen molar-refractivity contribution in [3.8, 4) is 5.75 Å². The highest BCUT2D eigenvalue weighted by atomic mass is 16.5. The van der Waals surface area contributed by atoms with Crippen LogP contribution in [0.2, 0.25) is 0 Å². The summed E-state index contributed by atoms with van der Waals surface area (Å²) in [5.74, 6) is 0.653. The van der Waals surface area contributed by atoms with Gasteiger partial charge in [0.05, 0.1) is 24.7 Å². The summed E-state index contributed by atoms with van der Waals surface area (Å²) in [7, 11) is 1.61. The molecule has 1 aromatic rings. The third-order valence-corrected chi connectivity index (χ3v) is 3.82. The third kappa shape index (κ3) is 3.97. The van der Waals surface area contributed by atoms with E-state index in [2.05, 4.69) is 5.32 Å². The molecular weight excluding hydrogens is 254 g/mol. The quantitative estimate of drug-likeness (QED) is 0.869. The number of hydrogen-bond donors (Lipinski definition) is 2. The monoisotopic (exact) mass is 279 g/mol. The Labute approximate surface area is 121 Å². The van der Waals surface area contributed by atoms with Gasteiger partial charge in [0, 0.05) is 0 Å². The molecule has 0 unspecified atom stereocenters. The largest absolute Gasteiger partial charge is 0.496 e. The SMILES string of the molecule is COc1cc(CC(=O)NC(C)(C)C(C)(C)O)ccc1C. The Morgan fingerprint density at radius 2 is 1.90 bits per heavy atom. The van der Waals surface area contributed by atoms with Gasteiger partial charge in [-0.15, -0.1) is 0 Å². The van der Waals surface area contributed by atoms with Gasteiger partial charge in [-0.1, -0.05) is 12.1 Å². The van der Waals surface area contributed by atoms with Gasteiger partial charge in [0.25, 0.3) is 0 Å². The average molecular weight is 279 g/mol. The number of carbonyl (C=O) groups is 1. The van der Waals surface area contributed by atoms with Gasteiger partial charge in [0.15, 0.2) is 0 Å². The lowest BCUT2D eigenvalue weighted by Crippen LogP contribution is -2.58. The van der Waals surface area contributed by atoms with E-state index in [1.807, 2.05) is 25.1 Å². The fourth-order valence-electron chi connectivity index (χ4n) is 1.71. The average Bonchev–Trinajstić information content (AvgIpc) is 2.29. The van der Waals surface area contributed by atoms with Gasteiger partial charge in [-0.2, -0.15) is 0 Å². The Kier molecular flexibility index (Phi) is 4.81. The summed E-state index contributed by atoms with van der Waals surface area (Å²) in [6.07, 6.45) is 0.260. The van der Waals surface area contributed by atoms with Crippen LogP contribution in [0, 0.1) is 6.92 Å². The van der Waals surface area contributed by atoms with Crippen LogP contribution in [0.15, 0.2) is 18.2 Å². The van der Waals surface area contributed by atoms with E-state index < -0.39 is 11.1 Å². The zero-order valence-electron chi connectivity index (χ0n) is 13.2. The molecule has 4 nitrogen and oxygen atoms in total. The number of hydrogen-bond acceptors (Lipinski definition) is 3. The topological polar surface area (TPSA) is 58.6 Å². The van der Waals surface area contributed by atoms with E-state index in [1.165, 1.54) is 0 Å². The summed E-state index contributed by atoms with van der Waals surface area (Å²) in [6.45, 7) is 8.94. The number of benzene rings is 1. The second kappa shape index (κ2) is 5.83. The van der Waals surface area contributed by atoms with Gasteiger partial charge in [0.2, 0.25) is 5.91 Å². The van der Waals surface area contributed by atoms with Gasteiger partial charge in [-0.3, -0.25) is 4.79 Å². The third-order valence-electron chi connectivity index (χ3n) is 3.82. The number of aliphatic hydroxyl groups is 1. The van der Waals surface area contributed by atoms with E-state index >= 15 is 0 Å². The highest BCUT2D eigenvalue weighted by molar-refractivity contribution is 5.79. The van der Waals surface area contributed by atoms with Crippen molar-refractivity contribution in [1.82, 2.24) is 5.32 Å². The van der Waals surface area contributed by atoms with Crippen molar-refractivity contribution in [2.45, 2.75) is 52.2 Å². The summed E-state index contributed by atoms with van der Waals surface area (Å²) in [6, 6.07) is 5.71. The smallest absolute Gasteiger partial charge is 0.224 e. The molecule has 2 N–H and O–H groups in total. The highest BCUT2D eigenvalue weighted by Gasteiger charge is 2.36. The van der Waals surface area contributed by atoms with Gasteiger partial charge in [-0.05, 0) is 51.8 Å². The maximum absolute atomic E-state index is 12.1. The summed E-state index contributed by atoms with van der Waals surface area (Å²) >= 11 is 0. The first-order valence-corrected chi connectivity index (χ1v) is 6.74. The van der Waals surface area contributed by atoms with E-state index in [4.69, 9.17) is 4.74 Å². The normalized spacial score (nSPS) is 12.2. The molecule has 0 aromatic heterocycles. The zero-order valence-corrected chi connectivity index (χ0v) is 13.2. The van der Waals surface area contributed by atoms with E-state index in [0.717, 1.165) is 16.9 Å². The van der Waals surface area contributed by atoms with Gasteiger partial charge >= 0.3 is 0 Å². The van der Waals surface area contributed by atoms with Gasteiger partial charge in [-0.25, -0.2) is 0 Å². The highest BCUT2D eigenvalue weighted by Crippen LogP contribution is 2.22. The van der Waals surface area contributed by atoms with E-state index in [-0.39, 0.29) is 12.3 Å². The number of methoxy groups -OCH3 is 1. The molecule has 1 rings (SSSR count). The molecule has 0 aliphatic heterocycles. The molecule has 20 heavy (non-hydrogen) atoms. The van der Waals surface area contributed by atoms with Crippen molar-refractivity contribution in [3.63, 3.8) is 0 Å². The van der Waals surface area contributed by atoms with Crippen LogP contribution in [0.4, 0.5) is 0 Å². The Balaban J connectivity index is 2.77. The van der Waals surface area contributed by atoms with Gasteiger partial charge < -0.3 is 15.2 Å². The zero-order chi connectivity index (χ0) is 15.6. The van der Waals surface area contributed by atoms with Crippen molar-refractivity contribution in [2.24, 2.45) is 0 Å². The first kappa shape index (κ1) is 16.5. The van der Waals surface area contributed by atoms with Crippen LogP contribution in [0.25, 0.3) is 0 Å². The Morgan fingerprint density at radius 3 is 2.40 bits per heavy atom. The summed E-state index contributed by atoms with van der Waals surface area (Å²) < 4.78 is 5.25. The minimum absolute atomic E-state index is 0.122. The molecule has 1 aromatic carbocycles. The Morgan fingerprint density at radius 1 is 1.30 bits per heavy atom. The summed E-state index contributed by atoms with van der Waals surface area (Å²) in [5.41, 5.74) is 0.233. The lowest BCUT2D eigenvalue weighted by molar-refractivity contribution is -0.125. The lowest BCUT2D eigenvalue weighted by Gasteiger charge is -2.38. The molecule has 1 amide bonds. The fraction of sp³-hybridized carbons (Fsp3) is 0.562. The summed E-state index contributed by atoms with van der Waals surface area (Å²) in [5, 5.41) is 12.9. The number of nitrogens with one attached hydrogen (secondary N) is 1. The molecule has 0 saturated carbocycles. The lowest BCUT2D eigenvalue weighted by atomic mass is 9.86. The second-order valence-electron chi connectivity index (χ2n) is 6.21. The molecule has 0 aliphatic rings. The predicted octanol–water partition coefficient (Wildman–Crippen LogP) is 2.21. The molecule has 4 heteroatoms. The molecule has 0 heterocycles. The number of carbonyl (C=O) groups excluding carboxylic acids is 1.